The fourth-order valence-corrected chi connectivity index (χ4v) is 4.01. The number of anilines is 2. The van der Waals surface area contributed by atoms with Gasteiger partial charge in [-0.1, -0.05) is 0 Å². The van der Waals surface area contributed by atoms with Gasteiger partial charge in [-0.15, -0.1) is 11.3 Å². The van der Waals surface area contributed by atoms with Crippen LogP contribution in [0.4, 0.5) is 11.6 Å². The van der Waals surface area contributed by atoms with Crippen LogP contribution in [0.15, 0.2) is 22.8 Å². The molecular weight excluding hydrogens is 342 g/mol. The van der Waals surface area contributed by atoms with E-state index in [4.69, 9.17) is 15.9 Å². The van der Waals surface area contributed by atoms with Gasteiger partial charge in [0, 0.05) is 13.1 Å². The predicted molar refractivity (Wildman–Crippen MR) is 95.5 cm³/mol. The summed E-state index contributed by atoms with van der Waals surface area (Å²) in [5.74, 6) is 0.419. The van der Waals surface area contributed by atoms with E-state index in [-0.39, 0.29) is 10.6 Å². The molecule has 1 atom stereocenters. The zero-order valence-electron chi connectivity index (χ0n) is 13.3. The minimum atomic E-state index is -0.596. The maximum atomic E-state index is 11.7. The molecule has 4 rings (SSSR count). The Hall–Kier alpha value is -2.65. The zero-order valence-corrected chi connectivity index (χ0v) is 14.1. The van der Waals surface area contributed by atoms with Gasteiger partial charge in [-0.25, -0.2) is 9.97 Å². The summed E-state index contributed by atoms with van der Waals surface area (Å²) in [6, 6.07) is 3.53. The molecule has 0 aromatic carbocycles. The van der Waals surface area contributed by atoms with Crippen LogP contribution in [0.1, 0.15) is 22.5 Å². The summed E-state index contributed by atoms with van der Waals surface area (Å²) >= 11 is 1.14. The van der Waals surface area contributed by atoms with Crippen LogP contribution in [0.25, 0.3) is 21.7 Å². The molecule has 5 N–H and O–H groups in total. The number of amides is 1. The van der Waals surface area contributed by atoms with E-state index in [2.05, 4.69) is 9.97 Å². The molecule has 1 fully saturated rings. The monoisotopic (exact) mass is 359 g/mol. The van der Waals surface area contributed by atoms with Gasteiger partial charge in [0.15, 0.2) is 5.76 Å². The molecule has 0 saturated carbocycles. The predicted octanol–water partition coefficient (Wildman–Crippen LogP) is 1.59. The van der Waals surface area contributed by atoms with Crippen molar-refractivity contribution >= 4 is 39.1 Å². The summed E-state index contributed by atoms with van der Waals surface area (Å²) in [4.78, 5) is 23.6. The van der Waals surface area contributed by atoms with Crippen LogP contribution >= 0.6 is 11.3 Å². The number of furan rings is 1. The third-order valence-electron chi connectivity index (χ3n) is 4.23. The number of hydrogen-bond acceptors (Lipinski definition) is 8. The second kappa shape index (κ2) is 6.01. The summed E-state index contributed by atoms with van der Waals surface area (Å²) in [6.45, 7) is 1.22. The number of rotatable bonds is 3. The molecule has 0 spiro atoms. The number of nitrogen functional groups attached to an aromatic ring is 1. The van der Waals surface area contributed by atoms with Crippen LogP contribution in [0.2, 0.25) is 0 Å². The topological polar surface area (TPSA) is 132 Å². The van der Waals surface area contributed by atoms with Gasteiger partial charge in [0.2, 0.25) is 5.95 Å². The van der Waals surface area contributed by atoms with Gasteiger partial charge in [0.1, 0.15) is 15.4 Å². The van der Waals surface area contributed by atoms with Gasteiger partial charge < -0.3 is 25.9 Å². The number of β-amino-alcohol motifs (C(OH)–C–C–N with tert-alkyl or cyclic N) is 1. The molecule has 25 heavy (non-hydrogen) atoms. The van der Waals surface area contributed by atoms with Gasteiger partial charge >= 0.3 is 0 Å². The average Bonchev–Trinajstić information content (AvgIpc) is 3.22. The van der Waals surface area contributed by atoms with Crippen molar-refractivity contribution in [3.63, 3.8) is 0 Å². The Morgan fingerprint density at radius 1 is 1.44 bits per heavy atom. The lowest BCUT2D eigenvalue weighted by Gasteiger charge is -2.30. The Balaban J connectivity index is 1.93. The first-order valence-electron chi connectivity index (χ1n) is 7.91. The van der Waals surface area contributed by atoms with Crippen LogP contribution in [-0.2, 0) is 0 Å². The Kier molecular flexibility index (Phi) is 3.81. The molecule has 4 heterocycles. The van der Waals surface area contributed by atoms with Crippen molar-refractivity contribution in [2.45, 2.75) is 18.9 Å². The van der Waals surface area contributed by atoms with E-state index in [1.54, 1.807) is 18.4 Å². The molecule has 1 aliphatic rings. The van der Waals surface area contributed by atoms with E-state index in [9.17, 15) is 9.90 Å². The number of nitrogens with zero attached hydrogens (tertiary/aromatic N) is 3. The Morgan fingerprint density at radius 3 is 2.96 bits per heavy atom. The number of nitrogens with two attached hydrogens (primary N) is 2. The molecule has 1 saturated heterocycles. The number of piperidine rings is 1. The molecular formula is C16H17N5O3S. The van der Waals surface area contributed by atoms with E-state index in [1.807, 2.05) is 4.90 Å². The largest absolute Gasteiger partial charge is 0.463 e. The molecule has 9 heteroatoms. The fourth-order valence-electron chi connectivity index (χ4n) is 3.06. The standard InChI is InChI=1S/C16H17N5O3S/c17-11-10-12(9-4-2-6-24-9)19-16(21-5-1-3-8(22)7-21)20-15(10)25-13(11)14(18)23/h2,4,6,8,22H,1,3,5,7,17H2,(H2,18,23). The number of thiophene rings is 1. The van der Waals surface area contributed by atoms with Crippen molar-refractivity contribution in [3.05, 3.63) is 23.3 Å². The molecule has 0 bridgehead atoms. The molecule has 130 valence electrons. The van der Waals surface area contributed by atoms with Crippen molar-refractivity contribution in [1.82, 2.24) is 9.97 Å². The molecule has 8 nitrogen and oxygen atoms in total. The number of primary amides is 1. The van der Waals surface area contributed by atoms with Crippen molar-refractivity contribution in [2.75, 3.05) is 23.7 Å². The number of aliphatic hydroxyl groups excluding tert-OH is 1. The smallest absolute Gasteiger partial charge is 0.260 e. The molecule has 0 radical (unpaired) electrons. The number of fused-ring (bicyclic) bond motifs is 1. The van der Waals surface area contributed by atoms with E-state index >= 15 is 0 Å². The second-order valence-electron chi connectivity index (χ2n) is 5.98. The number of aromatic nitrogens is 2. The van der Waals surface area contributed by atoms with Gasteiger partial charge in [0.25, 0.3) is 5.91 Å². The summed E-state index contributed by atoms with van der Waals surface area (Å²) in [5, 5.41) is 10.5. The first kappa shape index (κ1) is 15.9. The Labute approximate surface area is 147 Å². The van der Waals surface area contributed by atoms with Crippen molar-refractivity contribution < 1.29 is 14.3 Å². The normalized spacial score (nSPS) is 18.0. The van der Waals surface area contributed by atoms with E-state index in [0.29, 0.717) is 34.2 Å². The minimum Gasteiger partial charge on any atom is -0.463 e. The van der Waals surface area contributed by atoms with E-state index in [1.165, 1.54) is 0 Å². The Morgan fingerprint density at radius 2 is 2.28 bits per heavy atom. The maximum Gasteiger partial charge on any atom is 0.260 e. The quantitative estimate of drug-likeness (QED) is 0.647. The number of aliphatic hydroxyl groups is 1. The Bertz CT molecular complexity index is 937. The van der Waals surface area contributed by atoms with Crippen molar-refractivity contribution in [2.24, 2.45) is 5.73 Å². The zero-order chi connectivity index (χ0) is 17.6. The number of hydrogen-bond donors (Lipinski definition) is 3. The highest BCUT2D eigenvalue weighted by Gasteiger charge is 2.25. The fraction of sp³-hybridized carbons (Fsp3) is 0.312. The highest BCUT2D eigenvalue weighted by molar-refractivity contribution is 7.21. The molecule has 0 aliphatic carbocycles. The molecule has 3 aromatic heterocycles. The van der Waals surface area contributed by atoms with Crippen LogP contribution in [0.3, 0.4) is 0 Å². The minimum absolute atomic E-state index is 0.257. The SMILES string of the molecule is NC(=O)c1sc2nc(N3CCCC(O)C3)nc(-c3ccco3)c2c1N. The average molecular weight is 359 g/mol. The first-order chi connectivity index (χ1) is 12.0. The number of carbonyl (C=O) groups excluding carboxylic acids is 1. The van der Waals surface area contributed by atoms with Crippen molar-refractivity contribution in [3.8, 4) is 11.5 Å². The summed E-state index contributed by atoms with van der Waals surface area (Å²) in [6.07, 6.45) is 2.76. The van der Waals surface area contributed by atoms with E-state index in [0.717, 1.165) is 30.7 Å². The molecule has 1 unspecified atom stereocenters. The molecule has 3 aromatic rings. The third kappa shape index (κ3) is 2.71. The van der Waals surface area contributed by atoms with Crippen LogP contribution in [0.5, 0.6) is 0 Å². The van der Waals surface area contributed by atoms with Crippen LogP contribution in [-0.4, -0.2) is 40.2 Å². The van der Waals surface area contributed by atoms with Gasteiger partial charge in [-0.05, 0) is 25.0 Å². The highest BCUT2D eigenvalue weighted by Crippen LogP contribution is 2.39. The van der Waals surface area contributed by atoms with Gasteiger partial charge in [0.05, 0.1) is 23.4 Å². The molecule has 1 aliphatic heterocycles. The van der Waals surface area contributed by atoms with E-state index < -0.39 is 12.0 Å². The van der Waals surface area contributed by atoms with Gasteiger partial charge in [-0.2, -0.15) is 0 Å². The lowest BCUT2D eigenvalue weighted by Crippen LogP contribution is -2.39. The number of carbonyl (C=O) groups is 1. The first-order valence-corrected chi connectivity index (χ1v) is 8.73. The highest BCUT2D eigenvalue weighted by atomic mass is 32.1. The summed E-state index contributed by atoms with van der Waals surface area (Å²) in [5.41, 5.74) is 12.3. The maximum absolute atomic E-state index is 11.7. The van der Waals surface area contributed by atoms with Crippen molar-refractivity contribution in [1.29, 1.82) is 0 Å². The second-order valence-corrected chi connectivity index (χ2v) is 6.98. The lowest BCUT2D eigenvalue weighted by atomic mass is 10.1. The molecule has 1 amide bonds. The lowest BCUT2D eigenvalue weighted by molar-refractivity contribution is 0.100. The third-order valence-corrected chi connectivity index (χ3v) is 5.35. The summed E-state index contributed by atoms with van der Waals surface area (Å²) < 4.78 is 5.49. The van der Waals surface area contributed by atoms with Crippen LogP contribution < -0.4 is 16.4 Å². The van der Waals surface area contributed by atoms with Gasteiger partial charge in [-0.3, -0.25) is 4.79 Å². The summed E-state index contributed by atoms with van der Waals surface area (Å²) in [7, 11) is 0. The van der Waals surface area contributed by atoms with Crippen LogP contribution in [0, 0.1) is 0 Å².